The number of benzene rings is 1. The number of rotatable bonds is 3. The standard InChI is InChI=1S/C14H19FN2O3S/c1-16(21(2,19)20)11-7-9-17(10-8-11)14(18)12-5-3-4-6-13(12)15/h3-6,11H,7-10H2,1-2H3. The molecule has 0 atom stereocenters. The number of nitrogens with zero attached hydrogens (tertiary/aromatic N) is 2. The summed E-state index contributed by atoms with van der Waals surface area (Å²) in [7, 11) is -1.68. The first-order valence-corrected chi connectivity index (χ1v) is 8.62. The second-order valence-corrected chi connectivity index (χ2v) is 7.32. The summed E-state index contributed by atoms with van der Waals surface area (Å²) < 4.78 is 38.0. The van der Waals surface area contributed by atoms with Crippen molar-refractivity contribution in [1.29, 1.82) is 0 Å². The van der Waals surface area contributed by atoms with Crippen LogP contribution in [0.3, 0.4) is 0 Å². The van der Waals surface area contributed by atoms with E-state index in [-0.39, 0.29) is 17.5 Å². The van der Waals surface area contributed by atoms with Crippen molar-refractivity contribution in [2.45, 2.75) is 18.9 Å². The maximum Gasteiger partial charge on any atom is 0.256 e. The van der Waals surface area contributed by atoms with Crippen LogP contribution in [-0.2, 0) is 10.0 Å². The zero-order valence-electron chi connectivity index (χ0n) is 12.1. The fourth-order valence-corrected chi connectivity index (χ4v) is 3.26. The highest BCUT2D eigenvalue weighted by Crippen LogP contribution is 2.20. The number of hydrogen-bond donors (Lipinski definition) is 0. The minimum absolute atomic E-state index is 0.0624. The molecule has 0 aliphatic carbocycles. The summed E-state index contributed by atoms with van der Waals surface area (Å²) in [5.74, 6) is -0.869. The highest BCUT2D eigenvalue weighted by molar-refractivity contribution is 7.88. The van der Waals surface area contributed by atoms with Crippen molar-refractivity contribution in [3.05, 3.63) is 35.6 Å². The lowest BCUT2D eigenvalue weighted by Gasteiger charge is -2.35. The number of carbonyl (C=O) groups is 1. The van der Waals surface area contributed by atoms with Gasteiger partial charge in [0.2, 0.25) is 10.0 Å². The number of halogens is 1. The third-order valence-electron chi connectivity index (χ3n) is 3.89. The molecule has 5 nitrogen and oxygen atoms in total. The van der Waals surface area contributed by atoms with Crippen LogP contribution in [0.25, 0.3) is 0 Å². The molecule has 1 heterocycles. The number of hydrogen-bond acceptors (Lipinski definition) is 3. The monoisotopic (exact) mass is 314 g/mol. The van der Waals surface area contributed by atoms with Crippen LogP contribution in [0, 0.1) is 5.82 Å². The van der Waals surface area contributed by atoms with Gasteiger partial charge in [-0.3, -0.25) is 4.79 Å². The molecule has 1 aromatic rings. The van der Waals surface area contributed by atoms with E-state index in [2.05, 4.69) is 0 Å². The summed E-state index contributed by atoms with van der Waals surface area (Å²) in [6.07, 6.45) is 2.29. The molecule has 21 heavy (non-hydrogen) atoms. The summed E-state index contributed by atoms with van der Waals surface area (Å²) in [4.78, 5) is 13.8. The van der Waals surface area contributed by atoms with Gasteiger partial charge in [0.1, 0.15) is 5.82 Å². The summed E-state index contributed by atoms with van der Waals surface area (Å²) >= 11 is 0. The quantitative estimate of drug-likeness (QED) is 0.845. The van der Waals surface area contributed by atoms with Gasteiger partial charge in [-0.2, -0.15) is 0 Å². The fraction of sp³-hybridized carbons (Fsp3) is 0.500. The first-order valence-electron chi connectivity index (χ1n) is 6.77. The lowest BCUT2D eigenvalue weighted by Crippen LogP contribution is -2.47. The molecule has 1 saturated heterocycles. The molecule has 2 rings (SSSR count). The Morgan fingerprint density at radius 3 is 2.38 bits per heavy atom. The van der Waals surface area contributed by atoms with E-state index in [9.17, 15) is 17.6 Å². The van der Waals surface area contributed by atoms with Gasteiger partial charge in [-0.25, -0.2) is 17.1 Å². The van der Waals surface area contributed by atoms with Crippen molar-refractivity contribution in [3.8, 4) is 0 Å². The zero-order valence-corrected chi connectivity index (χ0v) is 12.9. The molecule has 1 aliphatic rings. The minimum atomic E-state index is -3.23. The molecule has 0 unspecified atom stereocenters. The van der Waals surface area contributed by atoms with Gasteiger partial charge in [-0.05, 0) is 25.0 Å². The SMILES string of the molecule is CN(C1CCN(C(=O)c2ccccc2F)CC1)S(C)(=O)=O. The van der Waals surface area contributed by atoms with Gasteiger partial charge in [-0.1, -0.05) is 12.1 Å². The molecule has 0 radical (unpaired) electrons. The Bertz CT molecular complexity index is 625. The Morgan fingerprint density at radius 2 is 1.86 bits per heavy atom. The normalized spacial score (nSPS) is 17.2. The van der Waals surface area contributed by atoms with Crippen molar-refractivity contribution in [2.24, 2.45) is 0 Å². The summed E-state index contributed by atoms with van der Waals surface area (Å²) in [5, 5.41) is 0. The second kappa shape index (κ2) is 6.11. The average Bonchev–Trinajstić information content (AvgIpc) is 2.45. The van der Waals surface area contributed by atoms with Crippen LogP contribution < -0.4 is 0 Å². The molecule has 0 aromatic heterocycles. The summed E-state index contributed by atoms with van der Waals surface area (Å²) in [6, 6.07) is 5.79. The lowest BCUT2D eigenvalue weighted by atomic mass is 10.0. The van der Waals surface area contributed by atoms with Gasteiger partial charge in [0.25, 0.3) is 5.91 Å². The predicted molar refractivity (Wildman–Crippen MR) is 77.9 cm³/mol. The number of likely N-dealkylation sites (tertiary alicyclic amines) is 1. The van der Waals surface area contributed by atoms with Gasteiger partial charge in [0.05, 0.1) is 11.8 Å². The smallest absolute Gasteiger partial charge is 0.256 e. The number of amides is 1. The maximum absolute atomic E-state index is 13.6. The first-order chi connectivity index (χ1) is 9.80. The van der Waals surface area contributed by atoms with Crippen LogP contribution in [0.1, 0.15) is 23.2 Å². The van der Waals surface area contributed by atoms with Crippen LogP contribution in [0.5, 0.6) is 0 Å². The topological polar surface area (TPSA) is 57.7 Å². The molecule has 1 fully saturated rings. The number of carbonyl (C=O) groups excluding carboxylic acids is 1. The van der Waals surface area contributed by atoms with Crippen LogP contribution in [0.15, 0.2) is 24.3 Å². The van der Waals surface area contributed by atoms with Gasteiger partial charge in [0, 0.05) is 26.2 Å². The molecular weight excluding hydrogens is 295 g/mol. The maximum atomic E-state index is 13.6. The highest BCUT2D eigenvalue weighted by atomic mass is 32.2. The Balaban J connectivity index is 2.02. The number of piperidine rings is 1. The minimum Gasteiger partial charge on any atom is -0.338 e. The fourth-order valence-electron chi connectivity index (χ4n) is 2.51. The van der Waals surface area contributed by atoms with E-state index in [0.717, 1.165) is 0 Å². The van der Waals surface area contributed by atoms with E-state index < -0.39 is 15.8 Å². The molecule has 1 aliphatic heterocycles. The highest BCUT2D eigenvalue weighted by Gasteiger charge is 2.29. The van der Waals surface area contributed by atoms with E-state index in [1.165, 1.54) is 22.7 Å². The predicted octanol–water partition coefficient (Wildman–Crippen LogP) is 1.32. The van der Waals surface area contributed by atoms with Gasteiger partial charge >= 0.3 is 0 Å². The Labute approximate surface area is 124 Å². The Kier molecular flexibility index (Phi) is 4.63. The first kappa shape index (κ1) is 15.9. The van der Waals surface area contributed by atoms with E-state index >= 15 is 0 Å². The van der Waals surface area contributed by atoms with Crippen molar-refractivity contribution in [2.75, 3.05) is 26.4 Å². The number of sulfonamides is 1. The Hall–Kier alpha value is -1.47. The van der Waals surface area contributed by atoms with E-state index in [4.69, 9.17) is 0 Å². The van der Waals surface area contributed by atoms with E-state index in [0.29, 0.717) is 25.9 Å². The average molecular weight is 314 g/mol. The lowest BCUT2D eigenvalue weighted by molar-refractivity contribution is 0.0681. The van der Waals surface area contributed by atoms with Crippen LogP contribution in [0.4, 0.5) is 4.39 Å². The van der Waals surface area contributed by atoms with E-state index in [1.807, 2.05) is 0 Å². The summed E-state index contributed by atoms with van der Waals surface area (Å²) in [6.45, 7) is 0.857. The van der Waals surface area contributed by atoms with Crippen LogP contribution in [-0.4, -0.2) is 56.0 Å². The molecule has 1 amide bonds. The molecule has 1 aromatic carbocycles. The van der Waals surface area contributed by atoms with Crippen molar-refractivity contribution >= 4 is 15.9 Å². The zero-order chi connectivity index (χ0) is 15.6. The molecular formula is C14H19FN2O3S. The third kappa shape index (κ3) is 3.59. The molecule has 0 spiro atoms. The van der Waals surface area contributed by atoms with Crippen molar-refractivity contribution in [3.63, 3.8) is 0 Å². The molecule has 0 saturated carbocycles. The largest absolute Gasteiger partial charge is 0.338 e. The molecule has 7 heteroatoms. The molecule has 116 valence electrons. The Morgan fingerprint density at radius 1 is 1.29 bits per heavy atom. The van der Waals surface area contributed by atoms with Crippen molar-refractivity contribution < 1.29 is 17.6 Å². The van der Waals surface area contributed by atoms with Gasteiger partial charge in [0.15, 0.2) is 0 Å². The van der Waals surface area contributed by atoms with Gasteiger partial charge in [-0.15, -0.1) is 0 Å². The van der Waals surface area contributed by atoms with Crippen molar-refractivity contribution in [1.82, 2.24) is 9.21 Å². The van der Waals surface area contributed by atoms with Gasteiger partial charge < -0.3 is 4.90 Å². The van der Waals surface area contributed by atoms with Crippen LogP contribution in [0.2, 0.25) is 0 Å². The van der Waals surface area contributed by atoms with E-state index in [1.54, 1.807) is 24.1 Å². The molecule has 0 N–H and O–H groups in total. The third-order valence-corrected chi connectivity index (χ3v) is 5.24. The summed E-state index contributed by atoms with van der Waals surface area (Å²) in [5.41, 5.74) is 0.0624. The molecule has 0 bridgehead atoms. The van der Waals surface area contributed by atoms with Crippen LogP contribution >= 0.6 is 0 Å². The second-order valence-electron chi connectivity index (χ2n) is 5.28.